The minimum Gasteiger partial charge on any atom is -0.484 e. The first-order valence-electron chi connectivity index (χ1n) is 9.04. The Labute approximate surface area is 153 Å². The molecule has 0 unspecified atom stereocenters. The Kier molecular flexibility index (Phi) is 7.44. The molecular formula is C19H26N2O5. The summed E-state index contributed by atoms with van der Waals surface area (Å²) in [6.07, 6.45) is 4.67. The average molecular weight is 362 g/mol. The van der Waals surface area contributed by atoms with Gasteiger partial charge >= 0.3 is 5.97 Å². The lowest BCUT2D eigenvalue weighted by Crippen LogP contribution is -2.49. The first-order chi connectivity index (χ1) is 12.5. The number of rotatable bonds is 7. The summed E-state index contributed by atoms with van der Waals surface area (Å²) in [6.45, 7) is 1.87. The lowest BCUT2D eigenvalue weighted by atomic mass is 9.79. The molecule has 0 aliphatic heterocycles. The summed E-state index contributed by atoms with van der Waals surface area (Å²) in [5.74, 6) is -2.67. The van der Waals surface area contributed by atoms with Crippen LogP contribution in [0.2, 0.25) is 0 Å². The zero-order valence-electron chi connectivity index (χ0n) is 15.0. The normalized spacial score (nSPS) is 19.4. The molecule has 0 aromatic heterocycles. The van der Waals surface area contributed by atoms with E-state index in [1.54, 1.807) is 12.1 Å². The van der Waals surface area contributed by atoms with E-state index in [9.17, 15) is 19.5 Å². The molecule has 7 nitrogen and oxygen atoms in total. The second kappa shape index (κ2) is 9.79. The van der Waals surface area contributed by atoms with E-state index in [-0.39, 0.29) is 6.61 Å². The summed E-state index contributed by atoms with van der Waals surface area (Å²) in [4.78, 5) is 35.2. The smallest absolute Gasteiger partial charge is 0.307 e. The summed E-state index contributed by atoms with van der Waals surface area (Å²) in [5.41, 5.74) is 5.81. The Morgan fingerprint density at radius 1 is 1.08 bits per heavy atom. The van der Waals surface area contributed by atoms with Gasteiger partial charge in [0.2, 0.25) is 5.91 Å². The van der Waals surface area contributed by atoms with Crippen LogP contribution in [0.1, 0.15) is 44.6 Å². The van der Waals surface area contributed by atoms with Gasteiger partial charge in [0.15, 0.2) is 6.61 Å². The Balaban J connectivity index is 1.75. The monoisotopic (exact) mass is 362 g/mol. The van der Waals surface area contributed by atoms with E-state index >= 15 is 0 Å². The molecule has 1 saturated carbocycles. The summed E-state index contributed by atoms with van der Waals surface area (Å²) in [7, 11) is 0. The summed E-state index contributed by atoms with van der Waals surface area (Å²) in [5, 5.41) is 9.21. The van der Waals surface area contributed by atoms with Gasteiger partial charge in [0, 0.05) is 0 Å². The Morgan fingerprint density at radius 3 is 2.35 bits per heavy atom. The third-order valence-electron chi connectivity index (χ3n) is 4.58. The van der Waals surface area contributed by atoms with Gasteiger partial charge in [-0.15, -0.1) is 0 Å². The molecule has 1 fully saturated rings. The molecule has 1 aromatic rings. The molecule has 0 spiro atoms. The molecule has 0 heterocycles. The van der Waals surface area contributed by atoms with Crippen molar-refractivity contribution in [2.75, 3.05) is 6.61 Å². The first kappa shape index (κ1) is 19.8. The van der Waals surface area contributed by atoms with Crippen LogP contribution in [-0.4, -0.2) is 29.5 Å². The molecule has 2 amide bonds. The van der Waals surface area contributed by atoms with Crippen molar-refractivity contribution in [1.29, 1.82) is 0 Å². The molecule has 2 rings (SSSR count). The zero-order valence-corrected chi connectivity index (χ0v) is 15.0. The minimum atomic E-state index is -0.967. The van der Waals surface area contributed by atoms with E-state index in [2.05, 4.69) is 17.8 Å². The quantitative estimate of drug-likeness (QED) is 0.644. The number of ether oxygens (including phenoxy) is 1. The molecule has 3 N–H and O–H groups in total. The highest BCUT2D eigenvalue weighted by atomic mass is 16.5. The van der Waals surface area contributed by atoms with E-state index in [4.69, 9.17) is 4.74 Å². The lowest BCUT2D eigenvalue weighted by Gasteiger charge is -2.27. The van der Waals surface area contributed by atoms with Crippen LogP contribution in [0, 0.1) is 11.8 Å². The van der Waals surface area contributed by atoms with Crippen LogP contribution < -0.4 is 15.6 Å². The van der Waals surface area contributed by atoms with Crippen molar-refractivity contribution in [3.05, 3.63) is 29.8 Å². The number of amides is 2. The number of carboxylic acid groups (broad SMARTS) is 1. The first-order valence-corrected chi connectivity index (χ1v) is 9.04. The highest BCUT2D eigenvalue weighted by molar-refractivity contribution is 5.87. The molecule has 7 heteroatoms. The fourth-order valence-corrected chi connectivity index (χ4v) is 3.19. The molecule has 142 valence electrons. The Morgan fingerprint density at radius 2 is 1.73 bits per heavy atom. The van der Waals surface area contributed by atoms with Crippen LogP contribution in [0.4, 0.5) is 0 Å². The molecule has 1 aromatic carbocycles. The maximum absolute atomic E-state index is 12.2. The topological polar surface area (TPSA) is 105 Å². The molecule has 1 aliphatic rings. The Bertz CT molecular complexity index is 629. The van der Waals surface area contributed by atoms with Crippen LogP contribution in [-0.2, 0) is 20.8 Å². The van der Waals surface area contributed by atoms with Gasteiger partial charge in [-0.1, -0.05) is 38.3 Å². The highest BCUT2D eigenvalue weighted by Gasteiger charge is 2.35. The van der Waals surface area contributed by atoms with Crippen molar-refractivity contribution in [2.24, 2.45) is 11.8 Å². The van der Waals surface area contributed by atoms with Crippen LogP contribution in [0.15, 0.2) is 24.3 Å². The number of hydrazine groups is 1. The maximum atomic E-state index is 12.2. The van der Waals surface area contributed by atoms with Crippen molar-refractivity contribution in [2.45, 2.75) is 45.4 Å². The largest absolute Gasteiger partial charge is 0.484 e. The molecule has 0 saturated heterocycles. The zero-order chi connectivity index (χ0) is 18.9. The van der Waals surface area contributed by atoms with Gasteiger partial charge in [-0.25, -0.2) is 0 Å². The average Bonchev–Trinajstić information content (AvgIpc) is 2.65. The number of benzene rings is 1. The Hall–Kier alpha value is -2.57. The van der Waals surface area contributed by atoms with Crippen molar-refractivity contribution in [1.82, 2.24) is 10.9 Å². The van der Waals surface area contributed by atoms with Gasteiger partial charge in [0.05, 0.1) is 11.8 Å². The van der Waals surface area contributed by atoms with Gasteiger partial charge in [0.1, 0.15) is 5.75 Å². The van der Waals surface area contributed by atoms with Gasteiger partial charge in [0.25, 0.3) is 5.91 Å². The fourth-order valence-electron chi connectivity index (χ4n) is 3.19. The van der Waals surface area contributed by atoms with Crippen LogP contribution in [0.25, 0.3) is 0 Å². The van der Waals surface area contributed by atoms with E-state index in [0.29, 0.717) is 18.6 Å². The van der Waals surface area contributed by atoms with Crippen molar-refractivity contribution >= 4 is 17.8 Å². The molecule has 0 bridgehead atoms. The van der Waals surface area contributed by atoms with E-state index in [1.165, 1.54) is 5.56 Å². The predicted octanol–water partition coefficient (Wildman–Crippen LogP) is 2.06. The number of hydrogen-bond acceptors (Lipinski definition) is 4. The summed E-state index contributed by atoms with van der Waals surface area (Å²) >= 11 is 0. The van der Waals surface area contributed by atoms with Crippen molar-refractivity contribution < 1.29 is 24.2 Å². The van der Waals surface area contributed by atoms with Crippen molar-refractivity contribution in [3.8, 4) is 5.75 Å². The number of aliphatic carboxylic acids is 1. The molecular weight excluding hydrogens is 336 g/mol. The van der Waals surface area contributed by atoms with E-state index in [0.717, 1.165) is 25.7 Å². The maximum Gasteiger partial charge on any atom is 0.307 e. The van der Waals surface area contributed by atoms with Crippen LogP contribution >= 0.6 is 0 Å². The van der Waals surface area contributed by atoms with E-state index in [1.807, 2.05) is 12.1 Å². The molecule has 0 radical (unpaired) electrons. The van der Waals surface area contributed by atoms with E-state index < -0.39 is 29.6 Å². The number of hydrogen-bond donors (Lipinski definition) is 3. The third kappa shape index (κ3) is 5.75. The fraction of sp³-hybridized carbons (Fsp3) is 0.526. The molecule has 1 aliphatic carbocycles. The van der Waals surface area contributed by atoms with Gasteiger partial charge in [-0.2, -0.15) is 0 Å². The standard InChI is InChI=1S/C19H26N2O5/c1-2-5-13-8-10-14(11-9-13)26-12-17(22)20-21-18(23)15-6-3-4-7-16(15)19(24)25/h8-11,15-16H,2-7,12H2,1H3,(H,20,22)(H,21,23)(H,24,25)/t15-,16-/m1/s1. The number of aryl methyl sites for hydroxylation is 1. The van der Waals surface area contributed by atoms with Gasteiger partial charge in [-0.3, -0.25) is 25.2 Å². The van der Waals surface area contributed by atoms with Gasteiger partial charge in [-0.05, 0) is 37.0 Å². The van der Waals surface area contributed by atoms with Crippen LogP contribution in [0.5, 0.6) is 5.75 Å². The predicted molar refractivity (Wildman–Crippen MR) is 95.3 cm³/mol. The highest BCUT2D eigenvalue weighted by Crippen LogP contribution is 2.30. The number of carbonyl (C=O) groups is 3. The third-order valence-corrected chi connectivity index (χ3v) is 4.58. The van der Waals surface area contributed by atoms with Gasteiger partial charge < -0.3 is 9.84 Å². The SMILES string of the molecule is CCCc1ccc(OCC(=O)NNC(=O)[C@@H]2CCCC[C@H]2C(=O)O)cc1. The second-order valence-electron chi connectivity index (χ2n) is 6.56. The van der Waals surface area contributed by atoms with Crippen LogP contribution in [0.3, 0.4) is 0 Å². The lowest BCUT2D eigenvalue weighted by molar-refractivity contribution is -0.149. The minimum absolute atomic E-state index is 0.236. The molecule has 26 heavy (non-hydrogen) atoms. The number of carboxylic acids is 1. The second-order valence-corrected chi connectivity index (χ2v) is 6.56. The van der Waals surface area contributed by atoms with Crippen molar-refractivity contribution in [3.63, 3.8) is 0 Å². The number of carbonyl (C=O) groups excluding carboxylic acids is 2. The number of nitrogens with one attached hydrogen (secondary N) is 2. The molecule has 2 atom stereocenters. The summed E-state index contributed by atoms with van der Waals surface area (Å²) < 4.78 is 5.38. The summed E-state index contributed by atoms with van der Waals surface area (Å²) in [6, 6.07) is 7.51.